The third kappa shape index (κ3) is 2.26. The third-order valence-electron chi connectivity index (χ3n) is 3.16. The van der Waals surface area contributed by atoms with Gasteiger partial charge in [0.15, 0.2) is 0 Å². The average Bonchev–Trinajstić information content (AvgIpc) is 2.95. The Bertz CT molecular complexity index is 620. The SMILES string of the molecule is Fc1cc(C(F)(F)F)ccc1C1(Cn2cncn2)CO1. The smallest absolute Gasteiger partial charge is 0.362 e. The van der Waals surface area contributed by atoms with E-state index in [1.807, 2.05) is 0 Å². The summed E-state index contributed by atoms with van der Waals surface area (Å²) in [7, 11) is 0. The van der Waals surface area contributed by atoms with Crippen LogP contribution in [0, 0.1) is 5.82 Å². The highest BCUT2D eigenvalue weighted by atomic mass is 19.4. The van der Waals surface area contributed by atoms with Crippen LogP contribution in [0.15, 0.2) is 30.9 Å². The molecule has 1 atom stereocenters. The minimum absolute atomic E-state index is 0.0981. The van der Waals surface area contributed by atoms with Crippen LogP contribution < -0.4 is 0 Å². The molecule has 0 N–H and O–H groups in total. The predicted molar refractivity (Wildman–Crippen MR) is 59.1 cm³/mol. The van der Waals surface area contributed by atoms with Gasteiger partial charge >= 0.3 is 6.18 Å². The molecule has 1 fully saturated rings. The minimum atomic E-state index is -4.57. The van der Waals surface area contributed by atoms with Gasteiger partial charge in [-0.3, -0.25) is 0 Å². The number of halogens is 4. The summed E-state index contributed by atoms with van der Waals surface area (Å²) in [5, 5.41) is 3.88. The summed E-state index contributed by atoms with van der Waals surface area (Å²) in [5.41, 5.74) is -1.88. The molecule has 106 valence electrons. The third-order valence-corrected chi connectivity index (χ3v) is 3.16. The predicted octanol–water partition coefficient (Wildman–Crippen LogP) is 2.36. The van der Waals surface area contributed by atoms with Crippen LogP contribution >= 0.6 is 0 Å². The fourth-order valence-electron chi connectivity index (χ4n) is 2.06. The van der Waals surface area contributed by atoms with E-state index in [1.165, 1.54) is 17.3 Å². The topological polar surface area (TPSA) is 43.2 Å². The van der Waals surface area contributed by atoms with Crippen molar-refractivity contribution in [2.75, 3.05) is 6.61 Å². The second-order valence-electron chi connectivity index (χ2n) is 4.57. The number of rotatable bonds is 3. The van der Waals surface area contributed by atoms with Crippen LogP contribution in [-0.4, -0.2) is 21.4 Å². The second-order valence-corrected chi connectivity index (χ2v) is 4.57. The monoisotopic (exact) mass is 287 g/mol. The molecule has 1 aliphatic heterocycles. The molecule has 1 aromatic carbocycles. The zero-order valence-electron chi connectivity index (χ0n) is 10.1. The molecule has 1 saturated heterocycles. The molecule has 3 rings (SSSR count). The van der Waals surface area contributed by atoms with Gasteiger partial charge < -0.3 is 4.74 Å². The molecule has 0 aliphatic carbocycles. The van der Waals surface area contributed by atoms with Crippen LogP contribution in [0.25, 0.3) is 0 Å². The van der Waals surface area contributed by atoms with Gasteiger partial charge in [0, 0.05) is 5.56 Å². The highest BCUT2D eigenvalue weighted by Gasteiger charge is 2.49. The average molecular weight is 287 g/mol. The van der Waals surface area contributed by atoms with E-state index in [4.69, 9.17) is 4.74 Å². The van der Waals surface area contributed by atoms with E-state index in [2.05, 4.69) is 10.1 Å². The molecule has 1 unspecified atom stereocenters. The summed E-state index contributed by atoms with van der Waals surface area (Å²) >= 11 is 0. The van der Waals surface area contributed by atoms with Crippen molar-refractivity contribution in [2.45, 2.75) is 18.3 Å². The lowest BCUT2D eigenvalue weighted by Crippen LogP contribution is -2.20. The summed E-state index contributed by atoms with van der Waals surface area (Å²) in [6, 6.07) is 2.45. The number of hydrogen-bond acceptors (Lipinski definition) is 3. The summed E-state index contributed by atoms with van der Waals surface area (Å²) in [5.74, 6) is -0.933. The second kappa shape index (κ2) is 4.27. The maximum absolute atomic E-state index is 13.9. The highest BCUT2D eigenvalue weighted by Crippen LogP contribution is 2.42. The number of alkyl halides is 3. The van der Waals surface area contributed by atoms with Gasteiger partial charge in [-0.2, -0.15) is 18.3 Å². The first-order valence-electron chi connectivity index (χ1n) is 5.74. The van der Waals surface area contributed by atoms with Crippen molar-refractivity contribution < 1.29 is 22.3 Å². The normalized spacial score (nSPS) is 22.0. The van der Waals surface area contributed by atoms with Crippen LogP contribution in [0.1, 0.15) is 11.1 Å². The summed E-state index contributed by atoms with van der Waals surface area (Å²) < 4.78 is 58.1. The summed E-state index contributed by atoms with van der Waals surface area (Å²) in [6.07, 6.45) is -1.81. The first kappa shape index (κ1) is 13.0. The van der Waals surface area contributed by atoms with E-state index >= 15 is 0 Å². The Hall–Kier alpha value is -1.96. The van der Waals surface area contributed by atoms with E-state index in [-0.39, 0.29) is 18.7 Å². The van der Waals surface area contributed by atoms with Crippen molar-refractivity contribution in [3.63, 3.8) is 0 Å². The molecule has 20 heavy (non-hydrogen) atoms. The van der Waals surface area contributed by atoms with Gasteiger partial charge in [-0.1, -0.05) is 6.07 Å². The van der Waals surface area contributed by atoms with Crippen molar-refractivity contribution in [1.82, 2.24) is 14.8 Å². The molecule has 4 nitrogen and oxygen atoms in total. The van der Waals surface area contributed by atoms with E-state index in [1.54, 1.807) is 0 Å². The van der Waals surface area contributed by atoms with E-state index < -0.39 is 23.2 Å². The van der Waals surface area contributed by atoms with Crippen LogP contribution in [0.2, 0.25) is 0 Å². The van der Waals surface area contributed by atoms with Gasteiger partial charge in [-0.15, -0.1) is 0 Å². The Morgan fingerprint density at radius 1 is 1.35 bits per heavy atom. The lowest BCUT2D eigenvalue weighted by molar-refractivity contribution is -0.137. The van der Waals surface area contributed by atoms with Crippen LogP contribution in [0.4, 0.5) is 17.6 Å². The lowest BCUT2D eigenvalue weighted by Gasteiger charge is -2.15. The Kier molecular flexibility index (Phi) is 2.79. The quantitative estimate of drug-likeness (QED) is 0.643. The zero-order chi connectivity index (χ0) is 14.4. The largest absolute Gasteiger partial charge is 0.416 e. The Balaban J connectivity index is 1.91. The number of aromatic nitrogens is 3. The van der Waals surface area contributed by atoms with Crippen molar-refractivity contribution >= 4 is 0 Å². The zero-order valence-corrected chi connectivity index (χ0v) is 10.1. The van der Waals surface area contributed by atoms with Gasteiger partial charge in [-0.25, -0.2) is 14.1 Å². The molecule has 2 aromatic rings. The maximum atomic E-state index is 13.9. The molecular formula is C12H9F4N3O. The number of epoxide rings is 1. The molecule has 0 spiro atoms. The lowest BCUT2D eigenvalue weighted by atomic mass is 9.97. The van der Waals surface area contributed by atoms with Gasteiger partial charge in [0.25, 0.3) is 0 Å². The number of ether oxygens (including phenoxy) is 1. The summed E-state index contributed by atoms with van der Waals surface area (Å²) in [4.78, 5) is 3.75. The van der Waals surface area contributed by atoms with Crippen LogP contribution in [-0.2, 0) is 23.1 Å². The van der Waals surface area contributed by atoms with E-state index in [9.17, 15) is 17.6 Å². The van der Waals surface area contributed by atoms with Crippen molar-refractivity contribution in [3.8, 4) is 0 Å². The van der Waals surface area contributed by atoms with E-state index in [0.717, 1.165) is 12.1 Å². The molecule has 0 bridgehead atoms. The Morgan fingerprint density at radius 2 is 2.10 bits per heavy atom. The molecule has 0 saturated carbocycles. The van der Waals surface area contributed by atoms with Gasteiger partial charge in [-0.05, 0) is 12.1 Å². The molecule has 1 aliphatic rings. The Morgan fingerprint density at radius 3 is 2.60 bits per heavy atom. The van der Waals surface area contributed by atoms with Gasteiger partial charge in [0.1, 0.15) is 24.1 Å². The molecule has 0 radical (unpaired) electrons. The Labute approximate surface area is 111 Å². The highest BCUT2D eigenvalue weighted by molar-refractivity contribution is 5.33. The molecule has 2 heterocycles. The van der Waals surface area contributed by atoms with Crippen molar-refractivity contribution in [3.05, 3.63) is 47.8 Å². The summed E-state index contributed by atoms with van der Waals surface area (Å²) in [6.45, 7) is 0.435. The van der Waals surface area contributed by atoms with Gasteiger partial charge in [0.2, 0.25) is 0 Å². The number of nitrogens with zero attached hydrogens (tertiary/aromatic N) is 3. The fourth-order valence-corrected chi connectivity index (χ4v) is 2.06. The first-order valence-corrected chi connectivity index (χ1v) is 5.74. The van der Waals surface area contributed by atoms with Crippen LogP contribution in [0.3, 0.4) is 0 Å². The minimum Gasteiger partial charge on any atom is -0.362 e. The van der Waals surface area contributed by atoms with Crippen molar-refractivity contribution in [1.29, 1.82) is 0 Å². The maximum Gasteiger partial charge on any atom is 0.416 e. The van der Waals surface area contributed by atoms with Crippen LogP contribution in [0.5, 0.6) is 0 Å². The van der Waals surface area contributed by atoms with E-state index in [0.29, 0.717) is 6.07 Å². The number of hydrogen-bond donors (Lipinski definition) is 0. The fraction of sp³-hybridized carbons (Fsp3) is 0.333. The van der Waals surface area contributed by atoms with Crippen molar-refractivity contribution in [2.24, 2.45) is 0 Å². The number of benzene rings is 1. The van der Waals surface area contributed by atoms with Gasteiger partial charge in [0.05, 0.1) is 18.7 Å². The molecule has 1 aromatic heterocycles. The standard InChI is InChI=1S/C12H9F4N3O/c13-10-3-8(12(14,15)16)1-2-9(10)11(5-20-11)4-19-7-17-6-18-19/h1-3,6-7H,4-5H2. The first-order chi connectivity index (χ1) is 9.41. The molecule has 8 heteroatoms. The molecular weight excluding hydrogens is 278 g/mol. The molecule has 0 amide bonds.